The van der Waals surface area contributed by atoms with Gasteiger partial charge in [-0.2, -0.15) is 0 Å². The number of aromatic nitrogens is 3. The van der Waals surface area contributed by atoms with Crippen LogP contribution in [0.4, 0.5) is 5.69 Å². The Kier molecular flexibility index (Phi) is 3.05. The molecule has 2 aromatic heterocycles. The lowest BCUT2D eigenvalue weighted by atomic mass is 10.1. The standard InChI is InChI=1S/C14H12N4S/c1-9-6-17-14(18-7-9)19-13-3-2-12(15)10-4-5-16-8-11(10)13/h2-8H,15H2,1H3. The summed E-state index contributed by atoms with van der Waals surface area (Å²) in [4.78, 5) is 13.8. The lowest BCUT2D eigenvalue weighted by Gasteiger charge is -2.07. The molecule has 0 amide bonds. The molecule has 3 aromatic rings. The van der Waals surface area contributed by atoms with Crippen molar-refractivity contribution in [1.82, 2.24) is 15.0 Å². The molecule has 0 aliphatic rings. The number of rotatable bonds is 2. The first-order valence-electron chi connectivity index (χ1n) is 5.83. The molecule has 0 aliphatic carbocycles. The molecule has 0 bridgehead atoms. The maximum absolute atomic E-state index is 5.97. The van der Waals surface area contributed by atoms with Crippen LogP contribution in [0.3, 0.4) is 0 Å². The number of aryl methyl sites for hydroxylation is 1. The highest BCUT2D eigenvalue weighted by molar-refractivity contribution is 7.99. The van der Waals surface area contributed by atoms with Crippen molar-refractivity contribution in [1.29, 1.82) is 0 Å². The topological polar surface area (TPSA) is 64.7 Å². The van der Waals surface area contributed by atoms with Crippen LogP contribution >= 0.6 is 11.8 Å². The minimum Gasteiger partial charge on any atom is -0.398 e. The molecule has 5 heteroatoms. The Morgan fingerprint density at radius 2 is 1.79 bits per heavy atom. The Balaban J connectivity index is 2.06. The highest BCUT2D eigenvalue weighted by Crippen LogP contribution is 2.33. The molecule has 19 heavy (non-hydrogen) atoms. The van der Waals surface area contributed by atoms with Gasteiger partial charge in [-0.05, 0) is 42.4 Å². The van der Waals surface area contributed by atoms with Gasteiger partial charge >= 0.3 is 0 Å². The zero-order chi connectivity index (χ0) is 13.2. The first kappa shape index (κ1) is 11.9. The van der Waals surface area contributed by atoms with Crippen molar-refractivity contribution in [2.45, 2.75) is 17.0 Å². The third kappa shape index (κ3) is 2.37. The maximum atomic E-state index is 5.97. The summed E-state index contributed by atoms with van der Waals surface area (Å²) < 4.78 is 0. The number of nitrogen functional groups attached to an aromatic ring is 1. The van der Waals surface area contributed by atoms with Gasteiger partial charge in [0, 0.05) is 46.1 Å². The van der Waals surface area contributed by atoms with Crippen LogP contribution in [0.25, 0.3) is 10.8 Å². The Bertz CT molecular complexity index is 725. The van der Waals surface area contributed by atoms with Crippen molar-refractivity contribution in [3.63, 3.8) is 0 Å². The van der Waals surface area contributed by atoms with E-state index in [0.29, 0.717) is 0 Å². The minimum absolute atomic E-state index is 0.723. The van der Waals surface area contributed by atoms with Crippen LogP contribution in [0.15, 0.2) is 53.0 Å². The van der Waals surface area contributed by atoms with Gasteiger partial charge in [-0.1, -0.05) is 0 Å². The second-order valence-corrected chi connectivity index (χ2v) is 5.23. The van der Waals surface area contributed by atoms with Gasteiger partial charge in [-0.15, -0.1) is 0 Å². The lowest BCUT2D eigenvalue weighted by molar-refractivity contribution is 0.950. The highest BCUT2D eigenvalue weighted by Gasteiger charge is 2.07. The molecule has 0 saturated carbocycles. The molecule has 3 rings (SSSR count). The highest BCUT2D eigenvalue weighted by atomic mass is 32.2. The molecule has 0 aliphatic heterocycles. The van der Waals surface area contributed by atoms with E-state index in [4.69, 9.17) is 5.73 Å². The van der Waals surface area contributed by atoms with Crippen LogP contribution in [-0.4, -0.2) is 15.0 Å². The molecule has 0 fully saturated rings. The van der Waals surface area contributed by atoms with Crippen molar-refractivity contribution < 1.29 is 0 Å². The Labute approximate surface area is 115 Å². The molecule has 1 aromatic carbocycles. The molecule has 0 atom stereocenters. The molecular formula is C14H12N4S. The van der Waals surface area contributed by atoms with E-state index in [9.17, 15) is 0 Å². The number of pyridine rings is 1. The minimum atomic E-state index is 0.723. The van der Waals surface area contributed by atoms with Gasteiger partial charge in [-0.3, -0.25) is 4.98 Å². The van der Waals surface area contributed by atoms with Crippen molar-refractivity contribution in [3.8, 4) is 0 Å². The number of hydrogen-bond donors (Lipinski definition) is 1. The molecule has 0 spiro atoms. The Hall–Kier alpha value is -2.14. The van der Waals surface area contributed by atoms with Gasteiger partial charge in [0.05, 0.1) is 0 Å². The van der Waals surface area contributed by atoms with Crippen LogP contribution in [0.1, 0.15) is 5.56 Å². The van der Waals surface area contributed by atoms with E-state index < -0.39 is 0 Å². The lowest BCUT2D eigenvalue weighted by Crippen LogP contribution is -1.90. The van der Waals surface area contributed by atoms with Crippen LogP contribution < -0.4 is 5.73 Å². The van der Waals surface area contributed by atoms with Crippen LogP contribution in [-0.2, 0) is 0 Å². The van der Waals surface area contributed by atoms with Crippen LogP contribution in [0.2, 0.25) is 0 Å². The normalized spacial score (nSPS) is 10.8. The summed E-state index contributed by atoms with van der Waals surface area (Å²) in [5, 5.41) is 2.75. The summed E-state index contributed by atoms with van der Waals surface area (Å²) in [6.07, 6.45) is 7.19. The Morgan fingerprint density at radius 3 is 2.58 bits per heavy atom. The third-order valence-electron chi connectivity index (χ3n) is 2.77. The smallest absolute Gasteiger partial charge is 0.192 e. The molecule has 0 radical (unpaired) electrons. The predicted octanol–water partition coefficient (Wildman–Crippen LogP) is 3.07. The molecular weight excluding hydrogens is 256 g/mol. The van der Waals surface area contributed by atoms with E-state index in [1.54, 1.807) is 6.20 Å². The zero-order valence-corrected chi connectivity index (χ0v) is 11.2. The number of nitrogens with two attached hydrogens (primary N) is 1. The number of hydrogen-bond acceptors (Lipinski definition) is 5. The second-order valence-electron chi connectivity index (χ2n) is 4.22. The SMILES string of the molecule is Cc1cnc(Sc2ccc(N)c3ccncc23)nc1. The fraction of sp³-hybridized carbons (Fsp3) is 0.0714. The zero-order valence-electron chi connectivity index (χ0n) is 10.4. The fourth-order valence-electron chi connectivity index (χ4n) is 1.81. The van der Waals surface area contributed by atoms with Gasteiger partial charge in [0.1, 0.15) is 0 Å². The Morgan fingerprint density at radius 1 is 1.00 bits per heavy atom. The molecule has 2 N–H and O–H groups in total. The molecule has 2 heterocycles. The van der Waals surface area contributed by atoms with Gasteiger partial charge < -0.3 is 5.73 Å². The number of fused-ring (bicyclic) bond motifs is 1. The first-order valence-corrected chi connectivity index (χ1v) is 6.64. The van der Waals surface area contributed by atoms with E-state index in [1.165, 1.54) is 11.8 Å². The molecule has 0 unspecified atom stereocenters. The van der Waals surface area contributed by atoms with Crippen LogP contribution in [0.5, 0.6) is 0 Å². The van der Waals surface area contributed by atoms with Gasteiger partial charge in [0.25, 0.3) is 0 Å². The summed E-state index contributed by atoms with van der Waals surface area (Å²) in [6, 6.07) is 5.80. The number of nitrogens with zero attached hydrogens (tertiary/aromatic N) is 3. The average molecular weight is 268 g/mol. The molecule has 0 saturated heterocycles. The van der Waals surface area contributed by atoms with E-state index in [0.717, 1.165) is 32.1 Å². The second kappa shape index (κ2) is 4.85. The average Bonchev–Trinajstić information content (AvgIpc) is 2.45. The fourth-order valence-corrected chi connectivity index (χ4v) is 2.62. The largest absolute Gasteiger partial charge is 0.398 e. The maximum Gasteiger partial charge on any atom is 0.192 e. The van der Waals surface area contributed by atoms with Crippen molar-refractivity contribution in [3.05, 3.63) is 48.5 Å². The number of anilines is 1. The van der Waals surface area contributed by atoms with E-state index in [2.05, 4.69) is 15.0 Å². The summed E-state index contributed by atoms with van der Waals surface area (Å²) in [5.41, 5.74) is 7.78. The molecule has 94 valence electrons. The van der Waals surface area contributed by atoms with Gasteiger partial charge in [-0.25, -0.2) is 9.97 Å². The van der Waals surface area contributed by atoms with E-state index in [-0.39, 0.29) is 0 Å². The van der Waals surface area contributed by atoms with Gasteiger partial charge in [0.15, 0.2) is 5.16 Å². The summed E-state index contributed by atoms with van der Waals surface area (Å²) in [7, 11) is 0. The summed E-state index contributed by atoms with van der Waals surface area (Å²) in [6.45, 7) is 1.97. The summed E-state index contributed by atoms with van der Waals surface area (Å²) in [5.74, 6) is 0. The van der Waals surface area contributed by atoms with Crippen molar-refractivity contribution in [2.24, 2.45) is 0 Å². The van der Waals surface area contributed by atoms with Gasteiger partial charge in [0.2, 0.25) is 0 Å². The van der Waals surface area contributed by atoms with E-state index >= 15 is 0 Å². The van der Waals surface area contributed by atoms with Crippen molar-refractivity contribution in [2.75, 3.05) is 5.73 Å². The number of benzene rings is 1. The third-order valence-corrected chi connectivity index (χ3v) is 3.74. The summed E-state index contributed by atoms with van der Waals surface area (Å²) >= 11 is 1.52. The molecule has 4 nitrogen and oxygen atoms in total. The predicted molar refractivity (Wildman–Crippen MR) is 77.0 cm³/mol. The van der Waals surface area contributed by atoms with Crippen LogP contribution in [0, 0.1) is 6.92 Å². The monoisotopic (exact) mass is 268 g/mol. The van der Waals surface area contributed by atoms with E-state index in [1.807, 2.05) is 43.7 Å². The quantitative estimate of drug-likeness (QED) is 0.571. The first-order chi connectivity index (χ1) is 9.24. The van der Waals surface area contributed by atoms with Crippen molar-refractivity contribution >= 4 is 28.2 Å².